The highest BCUT2D eigenvalue weighted by molar-refractivity contribution is 7.82. The summed E-state index contributed by atoms with van der Waals surface area (Å²) in [7, 11) is 2.25. The van der Waals surface area contributed by atoms with Crippen molar-refractivity contribution in [1.29, 1.82) is 0 Å². The monoisotopic (exact) mass is 456 g/mol. The highest BCUT2D eigenvalue weighted by Gasteiger charge is 2.17. The number of benzene rings is 3. The molecule has 6 nitrogen and oxygen atoms in total. The van der Waals surface area contributed by atoms with Crippen LogP contribution in [-0.4, -0.2) is 40.1 Å². The van der Waals surface area contributed by atoms with E-state index in [1.807, 2.05) is 59.5 Å². The molecular weight excluding hydrogens is 430 g/mol. The third-order valence-corrected chi connectivity index (χ3v) is 6.78. The highest BCUT2D eigenvalue weighted by Crippen LogP contribution is 2.34. The molecule has 3 aromatic carbocycles. The van der Waals surface area contributed by atoms with E-state index in [1.54, 1.807) is 0 Å². The van der Waals surface area contributed by atoms with E-state index < -0.39 is 11.0 Å². The van der Waals surface area contributed by atoms with Crippen LogP contribution in [0.2, 0.25) is 0 Å². The van der Waals surface area contributed by atoms with E-state index in [9.17, 15) is 4.21 Å². The SMILES string of the molecule is CN(C)CCc1ccc(-c2cnc3c(-c4ccc([SH+](N)=O)c5ccccc45)cnn3c2)cc1. The van der Waals surface area contributed by atoms with Crippen molar-refractivity contribution in [2.24, 2.45) is 5.14 Å². The molecule has 1 atom stereocenters. The van der Waals surface area contributed by atoms with Gasteiger partial charge in [-0.25, -0.2) is 9.50 Å². The first-order chi connectivity index (χ1) is 16.0. The molecular formula is C26H26N5OS+. The van der Waals surface area contributed by atoms with Gasteiger partial charge in [-0.1, -0.05) is 46.7 Å². The molecule has 2 aromatic heterocycles. The summed E-state index contributed by atoms with van der Waals surface area (Å²) in [4.78, 5) is 7.60. The Kier molecular flexibility index (Phi) is 5.76. The minimum atomic E-state index is -1.93. The molecule has 5 rings (SSSR count). The van der Waals surface area contributed by atoms with Gasteiger partial charge in [0, 0.05) is 35.5 Å². The number of nitrogens with two attached hydrogens (primary N) is 1. The maximum Gasteiger partial charge on any atom is 0.182 e. The van der Waals surface area contributed by atoms with Crippen molar-refractivity contribution in [2.75, 3.05) is 20.6 Å². The first-order valence-corrected chi connectivity index (χ1v) is 12.2. The zero-order valence-corrected chi connectivity index (χ0v) is 19.5. The molecule has 5 aromatic rings. The summed E-state index contributed by atoms with van der Waals surface area (Å²) in [6.45, 7) is 1.03. The summed E-state index contributed by atoms with van der Waals surface area (Å²) in [5.74, 6) is 0. The average molecular weight is 457 g/mol. The fraction of sp³-hybridized carbons (Fsp3) is 0.154. The predicted molar refractivity (Wildman–Crippen MR) is 136 cm³/mol. The lowest BCUT2D eigenvalue weighted by atomic mass is 10.00. The summed E-state index contributed by atoms with van der Waals surface area (Å²) in [6, 6.07) is 20.3. The summed E-state index contributed by atoms with van der Waals surface area (Å²) >= 11 is 0. The van der Waals surface area contributed by atoms with Crippen molar-refractivity contribution in [3.8, 4) is 22.3 Å². The first kappa shape index (κ1) is 21.5. The molecule has 0 amide bonds. The second-order valence-electron chi connectivity index (χ2n) is 8.42. The lowest BCUT2D eigenvalue weighted by Gasteiger charge is -2.10. The molecule has 0 fully saturated rings. The fourth-order valence-corrected chi connectivity index (χ4v) is 4.79. The maximum atomic E-state index is 12.0. The van der Waals surface area contributed by atoms with Gasteiger partial charge in [0.15, 0.2) is 21.5 Å². The normalized spacial score (nSPS) is 12.6. The van der Waals surface area contributed by atoms with Crippen molar-refractivity contribution >= 4 is 27.4 Å². The smallest absolute Gasteiger partial charge is 0.182 e. The molecule has 0 spiro atoms. The molecule has 0 aliphatic carbocycles. The van der Waals surface area contributed by atoms with Crippen LogP contribution in [0.25, 0.3) is 38.7 Å². The van der Waals surface area contributed by atoms with Gasteiger partial charge in [-0.15, -0.1) is 5.14 Å². The molecule has 2 heterocycles. The van der Waals surface area contributed by atoms with Gasteiger partial charge in [-0.2, -0.15) is 5.10 Å². The van der Waals surface area contributed by atoms with E-state index >= 15 is 0 Å². The molecule has 0 aliphatic heterocycles. The van der Waals surface area contributed by atoms with Gasteiger partial charge in [-0.05, 0) is 60.8 Å². The van der Waals surface area contributed by atoms with Gasteiger partial charge in [0.25, 0.3) is 0 Å². The number of thiol groups is 1. The Bertz CT molecular complexity index is 1470. The van der Waals surface area contributed by atoms with E-state index in [0.717, 1.165) is 51.6 Å². The van der Waals surface area contributed by atoms with E-state index in [4.69, 9.17) is 10.1 Å². The Morgan fingerprint density at radius 2 is 1.67 bits per heavy atom. The number of nitrogens with zero attached hydrogens (tertiary/aromatic N) is 4. The number of fused-ring (bicyclic) bond motifs is 2. The molecule has 0 saturated carbocycles. The van der Waals surface area contributed by atoms with Crippen LogP contribution >= 0.6 is 0 Å². The number of hydrogen-bond donors (Lipinski definition) is 1. The molecule has 1 unspecified atom stereocenters. The third kappa shape index (κ3) is 4.18. The Morgan fingerprint density at radius 3 is 2.39 bits per heavy atom. The minimum Gasteiger partial charge on any atom is -0.309 e. The molecule has 0 saturated heterocycles. The molecule has 0 aliphatic rings. The molecule has 33 heavy (non-hydrogen) atoms. The number of aromatic nitrogens is 3. The number of likely N-dealkylation sites (N-methyl/N-ethyl adjacent to an activating group) is 1. The van der Waals surface area contributed by atoms with Gasteiger partial charge in [-0.3, -0.25) is 0 Å². The Morgan fingerprint density at radius 1 is 0.909 bits per heavy atom. The van der Waals surface area contributed by atoms with Crippen molar-refractivity contribution in [2.45, 2.75) is 11.3 Å². The van der Waals surface area contributed by atoms with E-state index in [-0.39, 0.29) is 0 Å². The van der Waals surface area contributed by atoms with E-state index in [2.05, 4.69) is 48.4 Å². The van der Waals surface area contributed by atoms with Crippen LogP contribution in [-0.2, 0) is 21.6 Å². The molecule has 166 valence electrons. The van der Waals surface area contributed by atoms with Crippen molar-refractivity contribution in [1.82, 2.24) is 19.5 Å². The second kappa shape index (κ2) is 8.86. The average Bonchev–Trinajstić information content (AvgIpc) is 3.25. The maximum absolute atomic E-state index is 12.0. The number of hydrogen-bond acceptors (Lipinski definition) is 4. The van der Waals surface area contributed by atoms with Crippen LogP contribution in [0.15, 0.2) is 84.1 Å². The van der Waals surface area contributed by atoms with E-state index in [1.165, 1.54) is 5.56 Å². The summed E-state index contributed by atoms with van der Waals surface area (Å²) < 4.78 is 13.8. The van der Waals surface area contributed by atoms with Crippen LogP contribution in [0.4, 0.5) is 0 Å². The van der Waals surface area contributed by atoms with Gasteiger partial charge >= 0.3 is 0 Å². The van der Waals surface area contributed by atoms with Crippen molar-refractivity contribution < 1.29 is 4.21 Å². The molecule has 2 N–H and O–H groups in total. The third-order valence-electron chi connectivity index (χ3n) is 5.92. The standard InChI is InChI=1S/C26H25N5OS/c1-30(2)14-13-18-7-9-19(10-8-18)20-15-28-26-24(16-29-31(26)17-20)22-11-12-25(33(27)32)23-6-4-3-5-21(22)23/h3-12,15-17H,13-14H2,1-2H3,(H2,27,32)/p+1. The lowest BCUT2D eigenvalue weighted by molar-refractivity contribution is 0.413. The largest absolute Gasteiger partial charge is 0.309 e. The van der Waals surface area contributed by atoms with Gasteiger partial charge in [0.1, 0.15) is 0 Å². The Balaban J connectivity index is 1.52. The zero-order valence-electron chi connectivity index (χ0n) is 18.6. The Hall–Kier alpha value is -3.39. The predicted octanol–water partition coefficient (Wildman–Crippen LogP) is 4.25. The van der Waals surface area contributed by atoms with Crippen LogP contribution in [0, 0.1) is 0 Å². The molecule has 0 radical (unpaired) electrons. The lowest BCUT2D eigenvalue weighted by Crippen LogP contribution is -2.14. The van der Waals surface area contributed by atoms with Crippen LogP contribution in [0.5, 0.6) is 0 Å². The van der Waals surface area contributed by atoms with Crippen LogP contribution in [0.1, 0.15) is 5.56 Å². The molecule has 7 heteroatoms. The fourth-order valence-electron chi connectivity index (χ4n) is 4.14. The van der Waals surface area contributed by atoms with Gasteiger partial charge < -0.3 is 4.90 Å². The van der Waals surface area contributed by atoms with Gasteiger partial charge in [0.05, 0.1) is 6.20 Å². The summed E-state index contributed by atoms with van der Waals surface area (Å²) in [6.07, 6.45) is 6.76. The van der Waals surface area contributed by atoms with Gasteiger partial charge in [0.2, 0.25) is 0 Å². The van der Waals surface area contributed by atoms with Crippen molar-refractivity contribution in [3.05, 3.63) is 84.8 Å². The second-order valence-corrected chi connectivity index (χ2v) is 9.56. The summed E-state index contributed by atoms with van der Waals surface area (Å²) in [5, 5.41) is 12.2. The van der Waals surface area contributed by atoms with Crippen LogP contribution in [0.3, 0.4) is 0 Å². The quantitative estimate of drug-likeness (QED) is 0.306. The highest BCUT2D eigenvalue weighted by atomic mass is 32.2. The minimum absolute atomic E-state index is 0.657. The molecule has 0 bridgehead atoms. The topological polar surface area (TPSA) is 76.5 Å². The Labute approximate surface area is 195 Å². The van der Waals surface area contributed by atoms with E-state index in [0.29, 0.717) is 4.90 Å². The first-order valence-electron chi connectivity index (χ1n) is 10.8. The summed E-state index contributed by atoms with van der Waals surface area (Å²) in [5.41, 5.74) is 6.13. The number of rotatable bonds is 6. The van der Waals surface area contributed by atoms with Crippen LogP contribution < -0.4 is 5.14 Å². The zero-order chi connectivity index (χ0) is 22.9. The van der Waals surface area contributed by atoms with Crippen molar-refractivity contribution in [3.63, 3.8) is 0 Å².